The van der Waals surface area contributed by atoms with Crippen LogP contribution in [0.25, 0.3) is 5.69 Å². The maximum atomic E-state index is 15.2. The lowest BCUT2D eigenvalue weighted by molar-refractivity contribution is -0.141. The molecule has 46 heavy (non-hydrogen) atoms. The van der Waals surface area contributed by atoms with Crippen LogP contribution < -0.4 is 16.4 Å². The smallest absolute Gasteiger partial charge is 0.435 e. The number of amides is 2. The summed E-state index contributed by atoms with van der Waals surface area (Å²) in [6.45, 7) is 5.03. The summed E-state index contributed by atoms with van der Waals surface area (Å²) in [5.74, 6) is -1.29. The summed E-state index contributed by atoms with van der Waals surface area (Å²) >= 11 is 0. The normalized spacial score (nSPS) is 14.8. The zero-order valence-corrected chi connectivity index (χ0v) is 25.5. The summed E-state index contributed by atoms with van der Waals surface area (Å²) in [4.78, 5) is 29.9. The highest BCUT2D eigenvalue weighted by Gasteiger charge is 2.37. The van der Waals surface area contributed by atoms with Gasteiger partial charge in [0, 0.05) is 24.1 Å². The lowest BCUT2D eigenvalue weighted by Crippen LogP contribution is -2.38. The molecule has 1 aliphatic carbocycles. The van der Waals surface area contributed by atoms with Gasteiger partial charge in [0.15, 0.2) is 5.69 Å². The quantitative estimate of drug-likeness (QED) is 0.164. The van der Waals surface area contributed by atoms with E-state index in [-0.39, 0.29) is 17.1 Å². The number of hydrogen-bond acceptors (Lipinski definition) is 6. The average Bonchev–Trinajstić information content (AvgIpc) is 3.70. The van der Waals surface area contributed by atoms with Crippen molar-refractivity contribution in [1.29, 1.82) is 0 Å². The highest BCUT2D eigenvalue weighted by atomic mass is 19.4. The molecule has 0 spiro atoms. The molecule has 4 N–H and O–H groups in total. The van der Waals surface area contributed by atoms with Crippen LogP contribution in [0.2, 0.25) is 0 Å². The largest absolute Gasteiger partial charge is 0.444 e. The van der Waals surface area contributed by atoms with Gasteiger partial charge in [0.25, 0.3) is 5.91 Å². The highest BCUT2D eigenvalue weighted by molar-refractivity contribution is 6.03. The van der Waals surface area contributed by atoms with E-state index in [2.05, 4.69) is 20.7 Å². The van der Waals surface area contributed by atoms with Crippen LogP contribution in [0, 0.1) is 11.7 Å². The molecular weight excluding hydrogens is 604 g/mol. The summed E-state index contributed by atoms with van der Waals surface area (Å²) in [5, 5.41) is 8.55. The van der Waals surface area contributed by atoms with Gasteiger partial charge in [-0.2, -0.15) is 18.3 Å². The van der Waals surface area contributed by atoms with Gasteiger partial charge in [-0.05, 0) is 93.1 Å². The van der Waals surface area contributed by atoms with Gasteiger partial charge < -0.3 is 15.8 Å². The van der Waals surface area contributed by atoms with Crippen LogP contribution >= 0.6 is 0 Å². The molecule has 1 atom stereocenters. The number of pyridine rings is 1. The molecule has 13 heteroatoms. The van der Waals surface area contributed by atoms with E-state index in [9.17, 15) is 22.8 Å². The van der Waals surface area contributed by atoms with Crippen LogP contribution in [0.5, 0.6) is 0 Å². The molecule has 2 aromatic heterocycles. The molecule has 242 valence electrons. The first-order valence-electron chi connectivity index (χ1n) is 14.7. The molecule has 1 fully saturated rings. The van der Waals surface area contributed by atoms with Gasteiger partial charge in [0.05, 0.1) is 16.9 Å². The van der Waals surface area contributed by atoms with Crippen molar-refractivity contribution >= 4 is 23.4 Å². The van der Waals surface area contributed by atoms with E-state index in [0.717, 1.165) is 35.6 Å². The van der Waals surface area contributed by atoms with Crippen molar-refractivity contribution in [2.45, 2.75) is 63.8 Å². The number of alkyl halides is 3. The first-order valence-corrected chi connectivity index (χ1v) is 14.7. The lowest BCUT2D eigenvalue weighted by atomic mass is 9.79. The molecule has 0 saturated heterocycles. The van der Waals surface area contributed by atoms with Crippen LogP contribution in [0.15, 0.2) is 73.1 Å². The summed E-state index contributed by atoms with van der Waals surface area (Å²) in [7, 11) is 0. The first kappa shape index (κ1) is 32.6. The summed E-state index contributed by atoms with van der Waals surface area (Å²) in [6.07, 6.45) is 1.18. The molecular formula is C33H34F4N6O3. The molecule has 0 radical (unpaired) electrons. The fourth-order valence-electron chi connectivity index (χ4n) is 5.04. The van der Waals surface area contributed by atoms with Gasteiger partial charge in [-0.15, -0.1) is 0 Å². The molecule has 0 bridgehead atoms. The Morgan fingerprint density at radius 3 is 2.35 bits per heavy atom. The van der Waals surface area contributed by atoms with Gasteiger partial charge >= 0.3 is 12.3 Å². The number of nitrogens with two attached hydrogens (primary N) is 1. The molecule has 1 saturated carbocycles. The predicted molar refractivity (Wildman–Crippen MR) is 164 cm³/mol. The van der Waals surface area contributed by atoms with Gasteiger partial charge in [0.2, 0.25) is 0 Å². The maximum Gasteiger partial charge on any atom is 0.435 e. The summed E-state index contributed by atoms with van der Waals surface area (Å²) in [6, 6.07) is 13.9. The Kier molecular flexibility index (Phi) is 8.89. The number of anilines is 2. The molecule has 2 heterocycles. The topological polar surface area (TPSA) is 124 Å². The standard InChI is InChI=1S/C33H34F4N6O3/c1-31(2,3)46-30(45)40-23-5-4-6-24(18-23)43-27(19-28(42-43)33(35,36)37)29(44)41-26-17-22(9-10-25(26)34)32(38,14-11-20-7-8-20)21-12-15-39-16-13-21/h4-6,9-10,12-13,15-20H,7-8,11,14,38H2,1-3H3,(H,40,45)(H,41,44). The van der Waals surface area contributed by atoms with E-state index < -0.39 is 46.5 Å². The van der Waals surface area contributed by atoms with Crippen LogP contribution in [0.4, 0.5) is 33.7 Å². The second-order valence-electron chi connectivity index (χ2n) is 12.3. The number of nitrogens with one attached hydrogen (secondary N) is 2. The molecule has 5 rings (SSSR count). The van der Waals surface area contributed by atoms with Gasteiger partial charge in [0.1, 0.15) is 17.1 Å². The van der Waals surface area contributed by atoms with Crippen molar-refractivity contribution in [3.05, 3.63) is 101 Å². The van der Waals surface area contributed by atoms with Gasteiger partial charge in [-0.25, -0.2) is 13.9 Å². The fourth-order valence-corrected chi connectivity index (χ4v) is 5.04. The molecule has 2 aromatic carbocycles. The molecule has 4 aromatic rings. The summed E-state index contributed by atoms with van der Waals surface area (Å²) in [5.41, 5.74) is 4.50. The maximum absolute atomic E-state index is 15.2. The fraction of sp³-hybridized carbons (Fsp3) is 0.333. The zero-order valence-electron chi connectivity index (χ0n) is 25.5. The Morgan fingerprint density at radius 2 is 1.70 bits per heavy atom. The Morgan fingerprint density at radius 1 is 0.978 bits per heavy atom. The van der Waals surface area contributed by atoms with Crippen LogP contribution in [0.3, 0.4) is 0 Å². The van der Waals surface area contributed by atoms with E-state index >= 15 is 4.39 Å². The Hall–Kier alpha value is -4.78. The van der Waals surface area contributed by atoms with E-state index in [1.54, 1.807) is 45.3 Å². The minimum absolute atomic E-state index is 0.0298. The number of hydrogen-bond donors (Lipinski definition) is 3. The summed E-state index contributed by atoms with van der Waals surface area (Å²) < 4.78 is 62.5. The molecule has 0 aliphatic heterocycles. The number of halogens is 4. The van der Waals surface area contributed by atoms with Gasteiger partial charge in [-0.3, -0.25) is 15.1 Å². The number of rotatable bonds is 9. The van der Waals surface area contributed by atoms with Gasteiger partial charge in [-0.1, -0.05) is 25.0 Å². The third-order valence-corrected chi connectivity index (χ3v) is 7.54. The predicted octanol–water partition coefficient (Wildman–Crippen LogP) is 7.42. The van der Waals surface area contributed by atoms with E-state index in [4.69, 9.17) is 10.5 Å². The molecule has 9 nitrogen and oxygen atoms in total. The van der Waals surface area contributed by atoms with E-state index in [0.29, 0.717) is 24.0 Å². The Bertz CT molecular complexity index is 1730. The SMILES string of the molecule is CC(C)(C)OC(=O)Nc1cccc(-n2nc(C(F)(F)F)cc2C(=O)Nc2cc(C(N)(CCC3CC3)c3ccncc3)ccc2F)c1. The Labute approximate surface area is 263 Å². The number of benzene rings is 2. The second-order valence-corrected chi connectivity index (χ2v) is 12.3. The second kappa shape index (κ2) is 12.5. The van der Waals surface area contributed by atoms with Crippen molar-refractivity contribution in [2.24, 2.45) is 11.7 Å². The number of aromatic nitrogens is 3. The van der Waals surface area contributed by atoms with Crippen molar-refractivity contribution in [3.8, 4) is 5.69 Å². The molecule has 2 amide bonds. The van der Waals surface area contributed by atoms with Crippen molar-refractivity contribution in [2.75, 3.05) is 10.6 Å². The van der Waals surface area contributed by atoms with Crippen LogP contribution in [-0.2, 0) is 16.5 Å². The Balaban J connectivity index is 1.47. The van der Waals surface area contributed by atoms with Crippen molar-refractivity contribution in [1.82, 2.24) is 14.8 Å². The van der Waals surface area contributed by atoms with Crippen LogP contribution in [-0.4, -0.2) is 32.4 Å². The minimum atomic E-state index is -4.89. The minimum Gasteiger partial charge on any atom is -0.444 e. The van der Waals surface area contributed by atoms with Crippen molar-refractivity contribution in [3.63, 3.8) is 0 Å². The third-order valence-electron chi connectivity index (χ3n) is 7.54. The van der Waals surface area contributed by atoms with E-state index in [1.807, 2.05) is 0 Å². The van der Waals surface area contributed by atoms with Crippen LogP contribution in [0.1, 0.15) is 73.8 Å². The highest BCUT2D eigenvalue weighted by Crippen LogP contribution is 2.40. The third kappa shape index (κ3) is 7.71. The molecule has 1 unspecified atom stereocenters. The van der Waals surface area contributed by atoms with Crippen molar-refractivity contribution < 1.29 is 31.9 Å². The average molecular weight is 639 g/mol. The number of carbonyl (C=O) groups excluding carboxylic acids is 2. The molecule has 1 aliphatic rings. The lowest BCUT2D eigenvalue weighted by Gasteiger charge is -2.31. The number of nitrogens with zero attached hydrogens (tertiary/aromatic N) is 3. The monoisotopic (exact) mass is 638 g/mol. The first-order chi connectivity index (χ1) is 21.6. The number of carbonyl (C=O) groups is 2. The van der Waals surface area contributed by atoms with E-state index in [1.165, 1.54) is 36.4 Å². The number of ether oxygens (including phenoxy) is 1. The zero-order chi connectivity index (χ0) is 33.3.